The van der Waals surface area contributed by atoms with E-state index in [-0.39, 0.29) is 5.91 Å². The van der Waals surface area contributed by atoms with E-state index in [4.69, 9.17) is 19.2 Å². The number of carbonyl (C=O) groups excluding carboxylic acids is 1. The molecular formula is C28H27N3O4. The van der Waals surface area contributed by atoms with Crippen LogP contribution >= 0.6 is 0 Å². The first kappa shape index (κ1) is 22.7. The molecule has 0 spiro atoms. The third-order valence-corrected chi connectivity index (χ3v) is 6.14. The molecule has 7 nitrogen and oxygen atoms in total. The molecule has 5 rings (SSSR count). The highest BCUT2D eigenvalue weighted by Gasteiger charge is 2.16. The van der Waals surface area contributed by atoms with Crippen molar-refractivity contribution in [3.05, 3.63) is 78.4 Å². The van der Waals surface area contributed by atoms with Crippen molar-refractivity contribution in [1.82, 2.24) is 4.98 Å². The summed E-state index contributed by atoms with van der Waals surface area (Å²) < 4.78 is 16.2. The van der Waals surface area contributed by atoms with Gasteiger partial charge in [0.05, 0.1) is 44.2 Å². The molecular weight excluding hydrogens is 442 g/mol. The number of anilines is 2. The minimum Gasteiger partial charge on any atom is -0.493 e. The first-order chi connectivity index (χ1) is 17.2. The van der Waals surface area contributed by atoms with Crippen LogP contribution in [0, 0.1) is 0 Å². The molecule has 0 bridgehead atoms. The maximum atomic E-state index is 13.4. The summed E-state index contributed by atoms with van der Waals surface area (Å²) in [6.45, 7) is 3.20. The zero-order valence-corrected chi connectivity index (χ0v) is 19.8. The average Bonchev–Trinajstić information content (AvgIpc) is 2.92. The van der Waals surface area contributed by atoms with Crippen LogP contribution in [0.5, 0.6) is 11.5 Å². The molecule has 1 saturated heterocycles. The van der Waals surface area contributed by atoms with Gasteiger partial charge in [-0.1, -0.05) is 18.2 Å². The van der Waals surface area contributed by atoms with Crippen molar-refractivity contribution in [2.45, 2.75) is 0 Å². The number of carbonyl (C=O) groups is 1. The molecule has 1 fully saturated rings. The van der Waals surface area contributed by atoms with Gasteiger partial charge in [-0.15, -0.1) is 0 Å². The lowest BCUT2D eigenvalue weighted by molar-refractivity contribution is 0.102. The molecule has 1 aromatic heterocycles. The Morgan fingerprint density at radius 3 is 2.40 bits per heavy atom. The van der Waals surface area contributed by atoms with Gasteiger partial charge in [-0.25, -0.2) is 4.98 Å². The molecule has 1 aliphatic heterocycles. The van der Waals surface area contributed by atoms with Crippen LogP contribution in [0.15, 0.2) is 72.8 Å². The number of morpholine rings is 1. The smallest absolute Gasteiger partial charge is 0.256 e. The van der Waals surface area contributed by atoms with E-state index in [9.17, 15) is 4.79 Å². The fourth-order valence-electron chi connectivity index (χ4n) is 4.28. The van der Waals surface area contributed by atoms with E-state index in [1.54, 1.807) is 14.2 Å². The maximum absolute atomic E-state index is 13.4. The van der Waals surface area contributed by atoms with Crippen LogP contribution in [0.4, 0.5) is 11.4 Å². The van der Waals surface area contributed by atoms with E-state index in [0.29, 0.717) is 22.8 Å². The minimum absolute atomic E-state index is 0.190. The van der Waals surface area contributed by atoms with Crippen molar-refractivity contribution in [2.24, 2.45) is 0 Å². The second-order valence-electron chi connectivity index (χ2n) is 8.24. The van der Waals surface area contributed by atoms with E-state index < -0.39 is 0 Å². The van der Waals surface area contributed by atoms with Gasteiger partial charge < -0.3 is 24.4 Å². The average molecular weight is 470 g/mol. The summed E-state index contributed by atoms with van der Waals surface area (Å²) in [6, 6.07) is 23.0. The number of fused-ring (bicyclic) bond motifs is 1. The summed E-state index contributed by atoms with van der Waals surface area (Å²) in [7, 11) is 3.19. The molecule has 178 valence electrons. The van der Waals surface area contributed by atoms with Gasteiger partial charge in [-0.3, -0.25) is 4.79 Å². The number of nitrogens with one attached hydrogen (secondary N) is 1. The van der Waals surface area contributed by atoms with Crippen molar-refractivity contribution < 1.29 is 19.0 Å². The Hall–Kier alpha value is -4.10. The summed E-state index contributed by atoms with van der Waals surface area (Å²) in [5, 5.41) is 3.84. The first-order valence-corrected chi connectivity index (χ1v) is 11.5. The summed E-state index contributed by atoms with van der Waals surface area (Å²) in [5.74, 6) is 1.05. The van der Waals surface area contributed by atoms with Crippen molar-refractivity contribution in [1.29, 1.82) is 0 Å². The largest absolute Gasteiger partial charge is 0.493 e. The lowest BCUT2D eigenvalue weighted by atomic mass is 10.0. The summed E-state index contributed by atoms with van der Waals surface area (Å²) in [5.41, 5.74) is 4.66. The Kier molecular flexibility index (Phi) is 6.50. The number of methoxy groups -OCH3 is 2. The molecule has 0 saturated carbocycles. The SMILES string of the molecule is COc1ccc(-c2cc(C(=O)Nc3ccc(N4CCOCC4)cc3)c3ccccc3n2)cc1OC. The van der Waals surface area contributed by atoms with Gasteiger partial charge in [0.2, 0.25) is 0 Å². The van der Waals surface area contributed by atoms with E-state index in [0.717, 1.165) is 54.1 Å². The number of para-hydroxylation sites is 1. The number of aromatic nitrogens is 1. The van der Waals surface area contributed by atoms with Crippen molar-refractivity contribution in [3.63, 3.8) is 0 Å². The third kappa shape index (κ3) is 4.76. The van der Waals surface area contributed by atoms with Crippen LogP contribution in [0.25, 0.3) is 22.2 Å². The van der Waals surface area contributed by atoms with Crippen molar-refractivity contribution in [2.75, 3.05) is 50.7 Å². The number of nitrogens with zero attached hydrogens (tertiary/aromatic N) is 2. The zero-order chi connectivity index (χ0) is 24.2. The van der Waals surface area contributed by atoms with E-state index in [2.05, 4.69) is 10.2 Å². The van der Waals surface area contributed by atoms with Crippen LogP contribution in [0.3, 0.4) is 0 Å². The lowest BCUT2D eigenvalue weighted by Crippen LogP contribution is -2.36. The molecule has 0 atom stereocenters. The Labute approximate surface area is 204 Å². The molecule has 3 aromatic carbocycles. The Bertz CT molecular complexity index is 1350. The van der Waals surface area contributed by atoms with Gasteiger partial charge in [-0.2, -0.15) is 0 Å². The summed E-state index contributed by atoms with van der Waals surface area (Å²) >= 11 is 0. The third-order valence-electron chi connectivity index (χ3n) is 6.14. The van der Waals surface area contributed by atoms with Gasteiger partial charge >= 0.3 is 0 Å². The molecule has 0 aliphatic carbocycles. The van der Waals surface area contributed by atoms with Crippen molar-refractivity contribution in [3.8, 4) is 22.8 Å². The minimum atomic E-state index is -0.190. The quantitative estimate of drug-likeness (QED) is 0.428. The number of hydrogen-bond acceptors (Lipinski definition) is 6. The first-order valence-electron chi connectivity index (χ1n) is 11.5. The standard InChI is InChI=1S/C28H27N3O4/c1-33-26-12-7-19(17-27(26)34-2)25-18-23(22-5-3-4-6-24(22)30-25)28(32)29-20-8-10-21(11-9-20)31-13-15-35-16-14-31/h3-12,17-18H,13-16H2,1-2H3,(H,29,32). The van der Waals surface area contributed by atoms with Crippen molar-refractivity contribution >= 4 is 28.2 Å². The molecule has 0 radical (unpaired) electrons. The van der Waals surface area contributed by atoms with Crippen LogP contribution in [0.2, 0.25) is 0 Å². The predicted octanol–water partition coefficient (Wildman–Crippen LogP) is 5.01. The summed E-state index contributed by atoms with van der Waals surface area (Å²) in [4.78, 5) is 20.5. The molecule has 0 unspecified atom stereocenters. The van der Waals surface area contributed by atoms with Gasteiger partial charge in [0.1, 0.15) is 0 Å². The fourth-order valence-corrected chi connectivity index (χ4v) is 4.28. The van der Waals surface area contributed by atoms with Crippen LogP contribution in [-0.2, 0) is 4.74 Å². The zero-order valence-electron chi connectivity index (χ0n) is 19.8. The molecule has 2 heterocycles. The van der Waals surface area contributed by atoms with Crippen LogP contribution < -0.4 is 19.7 Å². The number of hydrogen-bond donors (Lipinski definition) is 1. The van der Waals surface area contributed by atoms with E-state index in [1.165, 1.54) is 0 Å². The van der Waals surface area contributed by atoms with Gasteiger partial charge in [-0.05, 0) is 54.6 Å². The normalized spacial score (nSPS) is 13.5. The Balaban J connectivity index is 1.46. The topological polar surface area (TPSA) is 72.9 Å². The highest BCUT2D eigenvalue weighted by atomic mass is 16.5. The number of benzene rings is 3. The van der Waals surface area contributed by atoms with Gasteiger partial charge in [0.25, 0.3) is 5.91 Å². The molecule has 35 heavy (non-hydrogen) atoms. The van der Waals surface area contributed by atoms with Crippen LogP contribution in [0.1, 0.15) is 10.4 Å². The second kappa shape index (κ2) is 10.0. The summed E-state index contributed by atoms with van der Waals surface area (Å²) in [6.07, 6.45) is 0. The highest BCUT2D eigenvalue weighted by molar-refractivity contribution is 6.13. The number of pyridine rings is 1. The maximum Gasteiger partial charge on any atom is 0.256 e. The van der Waals surface area contributed by atoms with E-state index in [1.807, 2.05) is 72.8 Å². The number of rotatable bonds is 6. The Morgan fingerprint density at radius 2 is 1.66 bits per heavy atom. The number of ether oxygens (including phenoxy) is 3. The fraction of sp³-hybridized carbons (Fsp3) is 0.214. The molecule has 7 heteroatoms. The van der Waals surface area contributed by atoms with Gasteiger partial charge in [0.15, 0.2) is 11.5 Å². The monoisotopic (exact) mass is 469 g/mol. The Morgan fingerprint density at radius 1 is 0.914 bits per heavy atom. The van der Waals surface area contributed by atoms with Gasteiger partial charge in [0, 0.05) is 35.4 Å². The molecule has 1 N–H and O–H groups in total. The molecule has 1 aliphatic rings. The molecule has 4 aromatic rings. The predicted molar refractivity (Wildman–Crippen MR) is 138 cm³/mol. The van der Waals surface area contributed by atoms with E-state index >= 15 is 0 Å². The number of amides is 1. The lowest BCUT2D eigenvalue weighted by Gasteiger charge is -2.28. The highest BCUT2D eigenvalue weighted by Crippen LogP contribution is 2.33. The van der Waals surface area contributed by atoms with Crippen LogP contribution in [-0.4, -0.2) is 51.4 Å². The molecule has 1 amide bonds. The second-order valence-corrected chi connectivity index (χ2v) is 8.24.